The smallest absolute Gasteiger partial charge is 0.335 e. The van der Waals surface area contributed by atoms with Crippen LogP contribution in [0.25, 0.3) is 11.6 Å². The maximum absolute atomic E-state index is 11.0. The van der Waals surface area contributed by atoms with Crippen LogP contribution in [0.3, 0.4) is 0 Å². The molecule has 1 N–H and O–H groups in total. The van der Waals surface area contributed by atoms with Gasteiger partial charge in [0, 0.05) is 10.6 Å². The molecule has 0 atom stereocenters. The van der Waals surface area contributed by atoms with Crippen LogP contribution in [0, 0.1) is 11.3 Å². The molecule has 0 amide bonds. The molecule has 0 aliphatic carbocycles. The molecule has 0 aliphatic heterocycles. The van der Waals surface area contributed by atoms with E-state index in [4.69, 9.17) is 26.2 Å². The summed E-state index contributed by atoms with van der Waals surface area (Å²) in [7, 11) is 1.54. The minimum atomic E-state index is -1.02. The summed E-state index contributed by atoms with van der Waals surface area (Å²) >= 11 is 9.70. The molecule has 156 valence electrons. The number of halogens is 2. The van der Waals surface area contributed by atoms with Gasteiger partial charge in [0.05, 0.1) is 28.8 Å². The highest BCUT2D eigenvalue weighted by Gasteiger charge is 2.13. The lowest BCUT2D eigenvalue weighted by molar-refractivity contribution is 0.0697. The quantitative estimate of drug-likeness (QED) is 0.299. The van der Waals surface area contributed by atoms with Crippen LogP contribution in [0.2, 0.25) is 5.02 Å². The summed E-state index contributed by atoms with van der Waals surface area (Å²) in [6, 6.07) is 19.3. The highest BCUT2D eigenvalue weighted by Crippen LogP contribution is 2.38. The Bertz CT molecular complexity index is 1180. The van der Waals surface area contributed by atoms with Gasteiger partial charge in [-0.05, 0) is 63.5 Å². The van der Waals surface area contributed by atoms with E-state index in [1.165, 1.54) is 19.2 Å². The molecule has 3 aromatic rings. The average molecular weight is 499 g/mol. The van der Waals surface area contributed by atoms with Gasteiger partial charge in [0.15, 0.2) is 11.5 Å². The normalized spacial score (nSPS) is 11.0. The van der Waals surface area contributed by atoms with Gasteiger partial charge in [0.2, 0.25) is 0 Å². The van der Waals surface area contributed by atoms with Crippen molar-refractivity contribution >= 4 is 45.1 Å². The average Bonchev–Trinajstić information content (AvgIpc) is 2.77. The van der Waals surface area contributed by atoms with Crippen molar-refractivity contribution in [2.45, 2.75) is 6.61 Å². The molecule has 0 heterocycles. The summed E-state index contributed by atoms with van der Waals surface area (Å²) < 4.78 is 12.1. The Hall–Kier alpha value is -3.27. The van der Waals surface area contributed by atoms with E-state index in [9.17, 15) is 10.1 Å². The second-order valence-electron chi connectivity index (χ2n) is 6.47. The molecule has 3 aromatic carbocycles. The summed E-state index contributed by atoms with van der Waals surface area (Å²) in [4.78, 5) is 11.0. The van der Waals surface area contributed by atoms with E-state index in [0.29, 0.717) is 37.7 Å². The van der Waals surface area contributed by atoms with E-state index in [0.717, 1.165) is 5.56 Å². The topological polar surface area (TPSA) is 79.5 Å². The molecule has 0 aliphatic rings. The monoisotopic (exact) mass is 497 g/mol. The van der Waals surface area contributed by atoms with Crippen molar-refractivity contribution in [3.63, 3.8) is 0 Å². The Balaban J connectivity index is 1.89. The van der Waals surface area contributed by atoms with Crippen LogP contribution in [0.5, 0.6) is 11.5 Å². The third-order valence-electron chi connectivity index (χ3n) is 4.46. The van der Waals surface area contributed by atoms with Crippen molar-refractivity contribution < 1.29 is 19.4 Å². The fraction of sp³-hybridized carbons (Fsp3) is 0.0833. The van der Waals surface area contributed by atoms with Crippen molar-refractivity contribution in [2.24, 2.45) is 0 Å². The molecular weight excluding hydrogens is 482 g/mol. The van der Waals surface area contributed by atoms with Gasteiger partial charge in [0.1, 0.15) is 6.61 Å². The first kappa shape index (κ1) is 22.4. The van der Waals surface area contributed by atoms with Crippen molar-refractivity contribution in [3.8, 4) is 17.6 Å². The number of benzene rings is 3. The van der Waals surface area contributed by atoms with Gasteiger partial charge in [-0.1, -0.05) is 41.9 Å². The Morgan fingerprint density at radius 2 is 1.84 bits per heavy atom. The van der Waals surface area contributed by atoms with Gasteiger partial charge in [-0.3, -0.25) is 0 Å². The second kappa shape index (κ2) is 10.2. The van der Waals surface area contributed by atoms with Gasteiger partial charge in [0.25, 0.3) is 0 Å². The van der Waals surface area contributed by atoms with Crippen molar-refractivity contribution in [1.29, 1.82) is 5.26 Å². The summed E-state index contributed by atoms with van der Waals surface area (Å²) in [5.41, 5.74) is 2.72. The number of carboxylic acids is 1. The fourth-order valence-electron chi connectivity index (χ4n) is 2.87. The lowest BCUT2D eigenvalue weighted by Gasteiger charge is -2.14. The number of aromatic carboxylic acids is 1. The highest BCUT2D eigenvalue weighted by atomic mass is 79.9. The molecule has 3 rings (SSSR count). The summed E-state index contributed by atoms with van der Waals surface area (Å²) in [5, 5.41) is 19.2. The minimum Gasteiger partial charge on any atom is -0.493 e. The Kier molecular flexibility index (Phi) is 7.35. The maximum Gasteiger partial charge on any atom is 0.335 e. The fourth-order valence-corrected chi connectivity index (χ4v) is 3.63. The van der Waals surface area contributed by atoms with Gasteiger partial charge in [-0.25, -0.2) is 4.79 Å². The number of allylic oxidation sites excluding steroid dienone is 1. The first-order valence-electron chi connectivity index (χ1n) is 9.12. The predicted molar refractivity (Wildman–Crippen MR) is 123 cm³/mol. The van der Waals surface area contributed by atoms with E-state index in [1.54, 1.807) is 30.3 Å². The standard InChI is InChI=1S/C24H17BrClNO4/c1-30-22-12-15(10-19(13-27)16-6-8-17(9-7-16)24(28)29)11-20(25)23(22)31-14-18-4-2-3-5-21(18)26/h2-12H,14H2,1H3,(H,28,29)/b19-10+. The van der Waals surface area contributed by atoms with Gasteiger partial charge >= 0.3 is 5.97 Å². The first-order chi connectivity index (χ1) is 14.9. The molecule has 0 aromatic heterocycles. The lowest BCUT2D eigenvalue weighted by Crippen LogP contribution is -1.99. The number of carboxylic acid groups (broad SMARTS) is 1. The van der Waals surface area contributed by atoms with Crippen LogP contribution in [0.15, 0.2) is 65.1 Å². The summed E-state index contributed by atoms with van der Waals surface area (Å²) in [6.45, 7) is 0.267. The largest absolute Gasteiger partial charge is 0.493 e. The van der Waals surface area contributed by atoms with Crippen LogP contribution in [0.4, 0.5) is 0 Å². The third kappa shape index (κ3) is 5.46. The molecule has 31 heavy (non-hydrogen) atoms. The zero-order chi connectivity index (χ0) is 22.4. The molecule has 0 saturated carbocycles. The van der Waals surface area contributed by atoms with Crippen molar-refractivity contribution in [2.75, 3.05) is 7.11 Å². The number of hydrogen-bond acceptors (Lipinski definition) is 4. The lowest BCUT2D eigenvalue weighted by atomic mass is 10.0. The Morgan fingerprint density at radius 3 is 2.45 bits per heavy atom. The van der Waals surface area contributed by atoms with Gasteiger partial charge in [-0.2, -0.15) is 5.26 Å². The first-order valence-corrected chi connectivity index (χ1v) is 10.3. The molecular formula is C24H17BrClNO4. The summed E-state index contributed by atoms with van der Waals surface area (Å²) in [6.07, 6.45) is 1.70. The molecule has 7 heteroatoms. The molecule has 0 saturated heterocycles. The van der Waals surface area contributed by atoms with Crippen LogP contribution >= 0.6 is 27.5 Å². The van der Waals surface area contributed by atoms with Crippen molar-refractivity contribution in [1.82, 2.24) is 0 Å². The molecule has 0 radical (unpaired) electrons. The maximum atomic E-state index is 11.0. The second-order valence-corrected chi connectivity index (χ2v) is 7.73. The van der Waals surface area contributed by atoms with Crippen LogP contribution in [0.1, 0.15) is 27.0 Å². The van der Waals surface area contributed by atoms with E-state index in [2.05, 4.69) is 22.0 Å². The number of nitriles is 1. The predicted octanol–water partition coefficient (Wildman–Crippen LogP) is 6.45. The number of nitrogens with zero attached hydrogens (tertiary/aromatic N) is 1. The van der Waals surface area contributed by atoms with E-state index >= 15 is 0 Å². The number of carbonyl (C=O) groups is 1. The van der Waals surface area contributed by atoms with Crippen molar-refractivity contribution in [3.05, 3.63) is 92.4 Å². The molecule has 0 unspecified atom stereocenters. The van der Waals surface area contributed by atoms with Crippen LogP contribution < -0.4 is 9.47 Å². The van der Waals surface area contributed by atoms with E-state index in [1.807, 2.05) is 24.3 Å². The highest BCUT2D eigenvalue weighted by molar-refractivity contribution is 9.10. The van der Waals surface area contributed by atoms with E-state index < -0.39 is 5.97 Å². The number of methoxy groups -OCH3 is 1. The van der Waals surface area contributed by atoms with Gasteiger partial charge < -0.3 is 14.6 Å². The zero-order valence-corrected chi connectivity index (χ0v) is 18.8. The Labute approximate surface area is 193 Å². The third-order valence-corrected chi connectivity index (χ3v) is 5.41. The molecule has 0 spiro atoms. The summed E-state index contributed by atoms with van der Waals surface area (Å²) in [5.74, 6) is -0.00911. The molecule has 5 nitrogen and oxygen atoms in total. The zero-order valence-electron chi connectivity index (χ0n) is 16.4. The Morgan fingerprint density at radius 1 is 1.16 bits per heavy atom. The number of rotatable bonds is 7. The van der Waals surface area contributed by atoms with Crippen LogP contribution in [-0.2, 0) is 6.61 Å². The number of hydrogen-bond donors (Lipinski definition) is 1. The molecule has 0 bridgehead atoms. The van der Waals surface area contributed by atoms with Crippen LogP contribution in [-0.4, -0.2) is 18.2 Å². The van der Waals surface area contributed by atoms with Gasteiger partial charge in [-0.15, -0.1) is 0 Å². The SMILES string of the molecule is COc1cc(/C=C(\C#N)c2ccc(C(=O)O)cc2)cc(Br)c1OCc1ccccc1Cl. The minimum absolute atomic E-state index is 0.158. The van der Waals surface area contributed by atoms with E-state index in [-0.39, 0.29) is 12.2 Å². The number of ether oxygens (including phenoxy) is 2. The molecule has 0 fully saturated rings.